The molecule has 0 bridgehead atoms. The standard InChI is InChI=1S/C14H18N2O4S.C4H9NO/c1-18-11-2-4-12(5-3-11)20-10-13(17)15-14(21)16-6-8-19-9-7-16;1-3-6-4-2-5-1/h2-5H,6-10H2,1H3,(H,15,17,21);5H,1-4H2. The fourth-order valence-corrected chi connectivity index (χ4v) is 2.63. The topological polar surface area (TPSA) is 81.3 Å². The molecular weight excluding hydrogens is 370 g/mol. The van der Waals surface area contributed by atoms with Gasteiger partial charge in [-0.3, -0.25) is 4.79 Å². The molecule has 2 aliphatic rings. The molecule has 150 valence electrons. The van der Waals surface area contributed by atoms with Gasteiger partial charge in [0.1, 0.15) is 11.5 Å². The van der Waals surface area contributed by atoms with E-state index in [4.69, 9.17) is 31.2 Å². The smallest absolute Gasteiger partial charge is 0.264 e. The van der Waals surface area contributed by atoms with Crippen molar-refractivity contribution in [3.8, 4) is 11.5 Å². The van der Waals surface area contributed by atoms with Gasteiger partial charge in [0, 0.05) is 26.2 Å². The van der Waals surface area contributed by atoms with Crippen LogP contribution in [0.3, 0.4) is 0 Å². The van der Waals surface area contributed by atoms with Gasteiger partial charge in [0.2, 0.25) is 0 Å². The van der Waals surface area contributed by atoms with Crippen LogP contribution in [-0.4, -0.2) is 82.2 Å². The maximum atomic E-state index is 11.8. The molecule has 3 rings (SSSR count). The van der Waals surface area contributed by atoms with Crippen LogP contribution in [-0.2, 0) is 14.3 Å². The van der Waals surface area contributed by atoms with Crippen LogP contribution in [0.25, 0.3) is 0 Å². The van der Waals surface area contributed by atoms with E-state index in [1.807, 2.05) is 4.90 Å². The van der Waals surface area contributed by atoms with Crippen molar-refractivity contribution in [1.82, 2.24) is 15.5 Å². The zero-order valence-electron chi connectivity index (χ0n) is 15.6. The molecule has 2 aliphatic heterocycles. The number of nitrogens with zero attached hydrogens (tertiary/aromatic N) is 1. The average molecular weight is 397 g/mol. The van der Waals surface area contributed by atoms with Crippen molar-refractivity contribution in [2.75, 3.05) is 66.3 Å². The van der Waals surface area contributed by atoms with E-state index in [1.54, 1.807) is 31.4 Å². The fraction of sp³-hybridized carbons (Fsp3) is 0.556. The number of benzene rings is 1. The van der Waals surface area contributed by atoms with E-state index < -0.39 is 0 Å². The Hall–Kier alpha value is -1.94. The van der Waals surface area contributed by atoms with Gasteiger partial charge >= 0.3 is 0 Å². The molecule has 0 atom stereocenters. The molecule has 0 unspecified atom stereocenters. The lowest BCUT2D eigenvalue weighted by atomic mass is 10.3. The fourth-order valence-electron chi connectivity index (χ4n) is 2.34. The summed E-state index contributed by atoms with van der Waals surface area (Å²) in [7, 11) is 1.59. The molecule has 0 spiro atoms. The maximum Gasteiger partial charge on any atom is 0.264 e. The van der Waals surface area contributed by atoms with Gasteiger partial charge in [-0.15, -0.1) is 0 Å². The molecule has 1 aromatic carbocycles. The van der Waals surface area contributed by atoms with E-state index >= 15 is 0 Å². The highest BCUT2D eigenvalue weighted by Gasteiger charge is 2.15. The van der Waals surface area contributed by atoms with Crippen molar-refractivity contribution in [3.05, 3.63) is 24.3 Å². The van der Waals surface area contributed by atoms with Gasteiger partial charge < -0.3 is 34.5 Å². The van der Waals surface area contributed by atoms with E-state index in [0.29, 0.717) is 37.2 Å². The molecule has 27 heavy (non-hydrogen) atoms. The Balaban J connectivity index is 0.000000369. The molecule has 0 aromatic heterocycles. The minimum atomic E-state index is -0.276. The normalized spacial score (nSPS) is 16.6. The number of amides is 1. The lowest BCUT2D eigenvalue weighted by Gasteiger charge is -2.28. The summed E-state index contributed by atoms with van der Waals surface area (Å²) in [6.45, 7) is 6.38. The Labute approximate surface area is 165 Å². The van der Waals surface area contributed by atoms with Crippen LogP contribution in [0.4, 0.5) is 0 Å². The summed E-state index contributed by atoms with van der Waals surface area (Å²) >= 11 is 5.18. The summed E-state index contributed by atoms with van der Waals surface area (Å²) in [6, 6.07) is 7.02. The molecule has 1 amide bonds. The number of thiocarbonyl (C=S) groups is 1. The summed E-state index contributed by atoms with van der Waals surface area (Å²) in [5, 5.41) is 6.23. The third-order valence-corrected chi connectivity index (χ3v) is 4.18. The summed E-state index contributed by atoms with van der Waals surface area (Å²) in [5.41, 5.74) is 0. The van der Waals surface area contributed by atoms with Crippen LogP contribution in [0, 0.1) is 0 Å². The van der Waals surface area contributed by atoms with Crippen molar-refractivity contribution in [3.63, 3.8) is 0 Å². The maximum absolute atomic E-state index is 11.8. The van der Waals surface area contributed by atoms with Gasteiger partial charge in [0.15, 0.2) is 11.7 Å². The van der Waals surface area contributed by atoms with Crippen molar-refractivity contribution < 1.29 is 23.7 Å². The second kappa shape index (κ2) is 12.4. The Morgan fingerprint density at radius 1 is 1.11 bits per heavy atom. The van der Waals surface area contributed by atoms with E-state index in [1.165, 1.54) is 0 Å². The number of rotatable bonds is 4. The molecule has 2 saturated heterocycles. The van der Waals surface area contributed by atoms with Crippen molar-refractivity contribution in [2.45, 2.75) is 0 Å². The summed E-state index contributed by atoms with van der Waals surface area (Å²) in [5.74, 6) is 1.06. The third kappa shape index (κ3) is 8.53. The molecule has 9 heteroatoms. The highest BCUT2D eigenvalue weighted by molar-refractivity contribution is 7.80. The van der Waals surface area contributed by atoms with Crippen molar-refractivity contribution >= 4 is 23.2 Å². The number of carbonyl (C=O) groups excluding carboxylic acids is 1. The highest BCUT2D eigenvalue weighted by Crippen LogP contribution is 2.16. The van der Waals surface area contributed by atoms with E-state index in [0.717, 1.165) is 32.1 Å². The van der Waals surface area contributed by atoms with E-state index in [2.05, 4.69) is 10.6 Å². The van der Waals surface area contributed by atoms with Gasteiger partial charge in [-0.1, -0.05) is 0 Å². The van der Waals surface area contributed by atoms with Gasteiger partial charge in [-0.2, -0.15) is 0 Å². The van der Waals surface area contributed by atoms with Crippen LogP contribution in [0.5, 0.6) is 11.5 Å². The lowest BCUT2D eigenvalue weighted by molar-refractivity contribution is -0.121. The monoisotopic (exact) mass is 397 g/mol. The number of nitrogens with one attached hydrogen (secondary N) is 2. The van der Waals surface area contributed by atoms with Gasteiger partial charge in [0.05, 0.1) is 33.5 Å². The molecule has 0 radical (unpaired) electrons. The first-order valence-electron chi connectivity index (χ1n) is 8.91. The third-order valence-electron chi connectivity index (χ3n) is 3.82. The quantitative estimate of drug-likeness (QED) is 0.708. The minimum absolute atomic E-state index is 0.0865. The summed E-state index contributed by atoms with van der Waals surface area (Å²) in [4.78, 5) is 13.7. The number of morpholine rings is 2. The van der Waals surface area contributed by atoms with Crippen LogP contribution in [0.2, 0.25) is 0 Å². The lowest BCUT2D eigenvalue weighted by Crippen LogP contribution is -2.48. The second-order valence-corrected chi connectivity index (χ2v) is 6.17. The highest BCUT2D eigenvalue weighted by atomic mass is 32.1. The Morgan fingerprint density at radius 2 is 1.70 bits per heavy atom. The number of hydrogen-bond donors (Lipinski definition) is 2. The molecule has 2 heterocycles. The average Bonchev–Trinajstić information content (AvgIpc) is 2.75. The van der Waals surface area contributed by atoms with Crippen LogP contribution >= 0.6 is 12.2 Å². The zero-order chi connectivity index (χ0) is 19.3. The van der Waals surface area contributed by atoms with Gasteiger partial charge in [-0.25, -0.2) is 0 Å². The Bertz CT molecular complexity index is 563. The molecule has 2 fully saturated rings. The first kappa shape index (κ1) is 21.4. The van der Waals surface area contributed by atoms with E-state index in [-0.39, 0.29) is 12.5 Å². The number of hydrogen-bond acceptors (Lipinski definition) is 7. The van der Waals surface area contributed by atoms with Gasteiger partial charge in [0.25, 0.3) is 5.91 Å². The van der Waals surface area contributed by atoms with Gasteiger partial charge in [-0.05, 0) is 36.5 Å². The molecule has 2 N–H and O–H groups in total. The largest absolute Gasteiger partial charge is 0.497 e. The molecule has 8 nitrogen and oxygen atoms in total. The molecule has 1 aromatic rings. The second-order valence-electron chi connectivity index (χ2n) is 5.78. The first-order chi connectivity index (χ1) is 13.2. The van der Waals surface area contributed by atoms with Crippen LogP contribution < -0.4 is 20.1 Å². The summed E-state index contributed by atoms with van der Waals surface area (Å²) < 4.78 is 20.7. The number of carbonyl (C=O) groups is 1. The molecule has 0 saturated carbocycles. The summed E-state index contributed by atoms with van der Waals surface area (Å²) in [6.07, 6.45) is 0. The number of ether oxygens (including phenoxy) is 4. The Morgan fingerprint density at radius 3 is 2.22 bits per heavy atom. The Kier molecular flexibility index (Phi) is 9.85. The SMILES string of the molecule is C1COCCN1.COc1ccc(OCC(=O)NC(=S)N2CCOCC2)cc1. The molecule has 0 aliphatic carbocycles. The predicted octanol–water partition coefficient (Wildman–Crippen LogP) is 0.414. The van der Waals surface area contributed by atoms with E-state index in [9.17, 15) is 4.79 Å². The minimum Gasteiger partial charge on any atom is -0.497 e. The van der Waals surface area contributed by atoms with Crippen LogP contribution in [0.15, 0.2) is 24.3 Å². The van der Waals surface area contributed by atoms with Crippen molar-refractivity contribution in [2.24, 2.45) is 0 Å². The predicted molar refractivity (Wildman–Crippen MR) is 105 cm³/mol. The zero-order valence-corrected chi connectivity index (χ0v) is 16.4. The molecular formula is C18H27N3O5S. The number of methoxy groups -OCH3 is 1. The van der Waals surface area contributed by atoms with Crippen LogP contribution in [0.1, 0.15) is 0 Å². The van der Waals surface area contributed by atoms with Crippen molar-refractivity contribution in [1.29, 1.82) is 0 Å². The first-order valence-corrected chi connectivity index (χ1v) is 9.31.